The number of ether oxygens (including phenoxy) is 1. The van der Waals surface area contributed by atoms with Gasteiger partial charge in [0.15, 0.2) is 0 Å². The fourth-order valence-corrected chi connectivity index (χ4v) is 5.85. The molecule has 0 spiro atoms. The molecule has 1 amide bonds. The molecule has 0 bridgehead atoms. The summed E-state index contributed by atoms with van der Waals surface area (Å²) in [6.45, 7) is 6.45. The van der Waals surface area contributed by atoms with E-state index in [0.29, 0.717) is 5.92 Å². The van der Waals surface area contributed by atoms with Crippen molar-refractivity contribution in [2.24, 2.45) is 5.92 Å². The van der Waals surface area contributed by atoms with Crippen LogP contribution in [-0.2, 0) is 17.6 Å². The van der Waals surface area contributed by atoms with Crippen LogP contribution in [-0.4, -0.2) is 50.1 Å². The van der Waals surface area contributed by atoms with E-state index in [9.17, 15) is 4.79 Å². The Morgan fingerprint density at radius 1 is 1.00 bits per heavy atom. The molecule has 5 heteroatoms. The van der Waals surface area contributed by atoms with Crippen molar-refractivity contribution >= 4 is 17.3 Å². The maximum atomic E-state index is 12.0. The molecule has 1 N–H and O–H groups in total. The fourth-order valence-electron chi connectivity index (χ4n) is 5.85. The van der Waals surface area contributed by atoms with Crippen LogP contribution >= 0.6 is 0 Å². The Hall–Kier alpha value is -2.53. The summed E-state index contributed by atoms with van der Waals surface area (Å²) in [5.74, 6) is 1.70. The number of hydrogen-bond acceptors (Lipinski definition) is 4. The Balaban J connectivity index is 0.927. The minimum Gasteiger partial charge on any atom is -0.494 e. The molecule has 168 valence electrons. The molecule has 1 saturated carbocycles. The Kier molecular flexibility index (Phi) is 5.30. The van der Waals surface area contributed by atoms with Gasteiger partial charge in [0.1, 0.15) is 5.75 Å². The van der Waals surface area contributed by atoms with Crippen LogP contribution in [0.4, 0.5) is 11.4 Å². The van der Waals surface area contributed by atoms with Gasteiger partial charge < -0.3 is 15.0 Å². The van der Waals surface area contributed by atoms with Gasteiger partial charge in [0.25, 0.3) is 0 Å². The van der Waals surface area contributed by atoms with Gasteiger partial charge in [0.2, 0.25) is 5.91 Å². The summed E-state index contributed by atoms with van der Waals surface area (Å²) in [7, 11) is 0. The monoisotopic (exact) mass is 431 g/mol. The normalized spacial score (nSPS) is 23.9. The van der Waals surface area contributed by atoms with Crippen LogP contribution in [0.3, 0.4) is 0 Å². The van der Waals surface area contributed by atoms with E-state index in [-0.39, 0.29) is 11.8 Å². The van der Waals surface area contributed by atoms with Crippen molar-refractivity contribution in [3.63, 3.8) is 0 Å². The lowest BCUT2D eigenvalue weighted by molar-refractivity contribution is -0.117. The molecule has 1 saturated heterocycles. The molecule has 0 aromatic heterocycles. The minimum atomic E-state index is 0.177. The molecule has 2 aromatic carbocycles. The lowest BCUT2D eigenvalue weighted by atomic mass is 10.0. The second-order valence-corrected chi connectivity index (χ2v) is 9.84. The van der Waals surface area contributed by atoms with Gasteiger partial charge in [-0.3, -0.25) is 9.69 Å². The average molecular weight is 432 g/mol. The third-order valence-corrected chi connectivity index (χ3v) is 7.78. The molecule has 5 nitrogen and oxygen atoms in total. The third-order valence-electron chi connectivity index (χ3n) is 7.78. The smallest absolute Gasteiger partial charge is 0.228 e. The van der Waals surface area contributed by atoms with Gasteiger partial charge in [0, 0.05) is 49.5 Å². The Labute approximate surface area is 190 Å². The lowest BCUT2D eigenvalue weighted by Gasteiger charge is -2.37. The highest BCUT2D eigenvalue weighted by molar-refractivity contribution is 5.99. The van der Waals surface area contributed by atoms with Gasteiger partial charge in [0.05, 0.1) is 6.61 Å². The van der Waals surface area contributed by atoms with Crippen LogP contribution in [0.1, 0.15) is 48.3 Å². The van der Waals surface area contributed by atoms with E-state index in [2.05, 4.69) is 45.4 Å². The van der Waals surface area contributed by atoms with E-state index in [1.165, 1.54) is 30.5 Å². The zero-order valence-corrected chi connectivity index (χ0v) is 18.8. The van der Waals surface area contributed by atoms with Crippen LogP contribution in [0.15, 0.2) is 36.4 Å². The summed E-state index contributed by atoms with van der Waals surface area (Å²) in [5.41, 5.74) is 6.90. The SMILES string of the molecule is O=C1Nc2cc(OCCCCN3CCN(c4cccc5c4CCC5)CC3)ccc2C2CC12. The first-order valence-electron chi connectivity index (χ1n) is 12.4. The van der Waals surface area contributed by atoms with Crippen LogP contribution in [0.25, 0.3) is 0 Å². The van der Waals surface area contributed by atoms with E-state index in [1.807, 2.05) is 6.07 Å². The van der Waals surface area contributed by atoms with E-state index in [4.69, 9.17) is 4.74 Å². The fraction of sp³-hybridized carbons (Fsp3) is 0.519. The summed E-state index contributed by atoms with van der Waals surface area (Å²) in [5, 5.41) is 3.04. The van der Waals surface area contributed by atoms with Crippen LogP contribution < -0.4 is 15.0 Å². The van der Waals surface area contributed by atoms with Gasteiger partial charge in [-0.15, -0.1) is 0 Å². The molecular formula is C27H33N3O2. The number of aryl methyl sites for hydroxylation is 1. The maximum Gasteiger partial charge on any atom is 0.228 e. The van der Waals surface area contributed by atoms with Crippen molar-refractivity contribution < 1.29 is 9.53 Å². The Morgan fingerprint density at radius 3 is 2.81 bits per heavy atom. The first kappa shape index (κ1) is 20.1. The summed E-state index contributed by atoms with van der Waals surface area (Å²) >= 11 is 0. The molecule has 2 heterocycles. The van der Waals surface area contributed by atoms with Crippen molar-refractivity contribution in [2.75, 3.05) is 49.5 Å². The highest BCUT2D eigenvalue weighted by Gasteiger charge is 2.48. The molecule has 2 fully saturated rings. The number of nitrogens with one attached hydrogen (secondary N) is 1. The van der Waals surface area contributed by atoms with E-state index >= 15 is 0 Å². The molecule has 32 heavy (non-hydrogen) atoms. The zero-order valence-electron chi connectivity index (χ0n) is 18.8. The van der Waals surface area contributed by atoms with E-state index < -0.39 is 0 Å². The topological polar surface area (TPSA) is 44.8 Å². The number of rotatable bonds is 7. The standard InChI is InChI=1S/C27H33N3O2/c31-27-24-18-23(24)22-10-9-20(17-25(22)28-27)32-16-2-1-11-29-12-14-30(15-13-29)26-8-4-6-19-5-3-7-21(19)26/h4,6,8-10,17,23-24H,1-3,5,7,11-16,18H2,(H,28,31). The predicted molar refractivity (Wildman–Crippen MR) is 128 cm³/mol. The number of benzene rings is 2. The van der Waals surface area contributed by atoms with Crippen molar-refractivity contribution in [3.05, 3.63) is 53.1 Å². The van der Waals surface area contributed by atoms with Gasteiger partial charge >= 0.3 is 0 Å². The molecule has 2 unspecified atom stereocenters. The number of carbonyl (C=O) groups excluding carboxylic acids is 1. The molecule has 4 aliphatic rings. The van der Waals surface area contributed by atoms with Gasteiger partial charge in [-0.1, -0.05) is 18.2 Å². The lowest BCUT2D eigenvalue weighted by Crippen LogP contribution is -2.47. The van der Waals surface area contributed by atoms with Crippen LogP contribution in [0, 0.1) is 5.92 Å². The van der Waals surface area contributed by atoms with Gasteiger partial charge in [-0.2, -0.15) is 0 Å². The van der Waals surface area contributed by atoms with Gasteiger partial charge in [-0.05, 0) is 79.8 Å². The molecule has 2 aliphatic heterocycles. The van der Waals surface area contributed by atoms with E-state index in [0.717, 1.165) is 70.0 Å². The molecule has 2 aliphatic carbocycles. The van der Waals surface area contributed by atoms with Crippen LogP contribution in [0.5, 0.6) is 5.75 Å². The largest absolute Gasteiger partial charge is 0.494 e. The average Bonchev–Trinajstić information content (AvgIpc) is 3.49. The minimum absolute atomic E-state index is 0.177. The quantitative estimate of drug-likeness (QED) is 0.667. The van der Waals surface area contributed by atoms with E-state index in [1.54, 1.807) is 11.1 Å². The molecular weight excluding hydrogens is 398 g/mol. The number of fused-ring (bicyclic) bond motifs is 4. The zero-order chi connectivity index (χ0) is 21.5. The highest BCUT2D eigenvalue weighted by Crippen LogP contribution is 2.53. The van der Waals surface area contributed by atoms with Crippen LogP contribution in [0.2, 0.25) is 0 Å². The maximum absolute atomic E-state index is 12.0. The number of hydrogen-bond donors (Lipinski definition) is 1. The van der Waals surface area contributed by atoms with Gasteiger partial charge in [-0.25, -0.2) is 0 Å². The highest BCUT2D eigenvalue weighted by atomic mass is 16.5. The number of piperazine rings is 1. The Bertz CT molecular complexity index is 1010. The molecule has 6 rings (SSSR count). The molecule has 2 atom stereocenters. The van der Waals surface area contributed by atoms with Crippen molar-refractivity contribution in [2.45, 2.75) is 44.4 Å². The van der Waals surface area contributed by atoms with Crippen molar-refractivity contribution in [1.29, 1.82) is 0 Å². The number of amides is 1. The molecule has 0 radical (unpaired) electrons. The summed E-state index contributed by atoms with van der Waals surface area (Å²) in [6, 6.07) is 13.1. The summed E-state index contributed by atoms with van der Waals surface area (Å²) in [4.78, 5) is 17.1. The number of carbonyl (C=O) groups is 1. The third kappa shape index (κ3) is 3.88. The second-order valence-electron chi connectivity index (χ2n) is 9.84. The first-order valence-corrected chi connectivity index (χ1v) is 12.4. The summed E-state index contributed by atoms with van der Waals surface area (Å²) < 4.78 is 5.99. The van der Waals surface area contributed by atoms with Crippen molar-refractivity contribution in [1.82, 2.24) is 4.90 Å². The summed E-state index contributed by atoms with van der Waals surface area (Å²) in [6.07, 6.45) is 7.04. The first-order chi connectivity index (χ1) is 15.8. The Morgan fingerprint density at radius 2 is 1.91 bits per heavy atom. The second kappa shape index (κ2) is 8.43. The number of nitrogens with zero attached hydrogens (tertiary/aromatic N) is 2. The molecule has 2 aromatic rings. The van der Waals surface area contributed by atoms with Crippen molar-refractivity contribution in [3.8, 4) is 5.75 Å². The number of anilines is 2. The predicted octanol–water partition coefficient (Wildman–Crippen LogP) is 4.21. The number of unbranched alkanes of at least 4 members (excludes halogenated alkanes) is 1.